The topological polar surface area (TPSA) is 111 Å². The lowest BCUT2D eigenvalue weighted by Gasteiger charge is -2.34. The van der Waals surface area contributed by atoms with Gasteiger partial charge in [0.05, 0.1) is 17.6 Å². The lowest BCUT2D eigenvalue weighted by atomic mass is 9.75. The van der Waals surface area contributed by atoms with Gasteiger partial charge in [0.15, 0.2) is 0 Å². The number of carbonyl (C=O) groups excluding carboxylic acids is 2. The molecule has 2 aliphatic rings. The number of carbonyl (C=O) groups is 2. The van der Waals surface area contributed by atoms with Crippen LogP contribution in [0.4, 0.5) is 5.69 Å². The average Bonchev–Trinajstić information content (AvgIpc) is 3.30. The molecule has 2 aromatic rings. The monoisotopic (exact) mass is 519 g/mol. The second kappa shape index (κ2) is 11.3. The number of non-ortho nitro benzene ring substituents is 1. The molecule has 0 radical (unpaired) electrons. The standard InChI is InChI=1S/C29H33N3O6/c1-5-29(14-15-31(18-29)17-21-10-7-6-8-11-21)38-28(34)25-20(3)30-19(2)24(27(33)37-4)26(25)22-12-9-13-23(16-22)32(35)36/h6-13,16,24,26H,5,14-15,17-18H2,1-4H3/t24?,26-,29-/m0/s1. The molecular weight excluding hydrogens is 486 g/mol. The minimum atomic E-state index is -0.913. The molecule has 9 nitrogen and oxygen atoms in total. The summed E-state index contributed by atoms with van der Waals surface area (Å²) in [6, 6.07) is 16.1. The van der Waals surface area contributed by atoms with Crippen molar-refractivity contribution in [1.29, 1.82) is 0 Å². The van der Waals surface area contributed by atoms with Crippen molar-refractivity contribution in [3.05, 3.63) is 87.1 Å². The molecule has 38 heavy (non-hydrogen) atoms. The van der Waals surface area contributed by atoms with Crippen molar-refractivity contribution in [3.8, 4) is 0 Å². The first-order chi connectivity index (χ1) is 18.2. The highest BCUT2D eigenvalue weighted by atomic mass is 16.6. The zero-order valence-corrected chi connectivity index (χ0v) is 22.2. The number of aliphatic imine (C=N–C) groups is 1. The van der Waals surface area contributed by atoms with Crippen molar-refractivity contribution in [3.63, 3.8) is 0 Å². The van der Waals surface area contributed by atoms with Crippen molar-refractivity contribution in [2.45, 2.75) is 51.7 Å². The Morgan fingerprint density at radius 2 is 1.89 bits per heavy atom. The SMILES string of the molecule is CC[C@]1(OC(=O)C2=C(C)N=C(C)C(C(=O)OC)[C@@H]2c2cccc([N+](=O)[O-])c2)CCN(Cc2ccccc2)C1. The Bertz CT molecular complexity index is 1290. The fourth-order valence-electron chi connectivity index (χ4n) is 5.53. The van der Waals surface area contributed by atoms with Crippen LogP contribution < -0.4 is 0 Å². The van der Waals surface area contributed by atoms with E-state index in [2.05, 4.69) is 22.0 Å². The number of nitro benzene ring substituents is 1. The molecule has 9 heteroatoms. The Kier molecular flexibility index (Phi) is 8.06. The van der Waals surface area contributed by atoms with Crippen molar-refractivity contribution < 1.29 is 24.0 Å². The van der Waals surface area contributed by atoms with Gasteiger partial charge in [-0.2, -0.15) is 0 Å². The Labute approximate surface area is 222 Å². The van der Waals surface area contributed by atoms with Gasteiger partial charge in [-0.1, -0.05) is 49.4 Å². The number of ether oxygens (including phenoxy) is 2. The van der Waals surface area contributed by atoms with Crippen LogP contribution in [0.15, 0.2) is 70.9 Å². The van der Waals surface area contributed by atoms with Gasteiger partial charge in [-0.25, -0.2) is 4.79 Å². The van der Waals surface area contributed by atoms with E-state index in [0.717, 1.165) is 13.1 Å². The molecule has 0 aromatic heterocycles. The maximum absolute atomic E-state index is 13.9. The van der Waals surface area contributed by atoms with Gasteiger partial charge in [-0.3, -0.25) is 24.8 Å². The van der Waals surface area contributed by atoms with E-state index in [1.807, 2.05) is 25.1 Å². The molecule has 0 spiro atoms. The summed E-state index contributed by atoms with van der Waals surface area (Å²) in [5.41, 5.74) is 1.95. The molecule has 4 rings (SSSR count). The second-order valence-electron chi connectivity index (χ2n) is 9.96. The minimum absolute atomic E-state index is 0.131. The van der Waals surface area contributed by atoms with Crippen LogP contribution in [-0.4, -0.2) is 53.3 Å². The van der Waals surface area contributed by atoms with Crippen LogP contribution in [0.1, 0.15) is 50.7 Å². The summed E-state index contributed by atoms with van der Waals surface area (Å²) >= 11 is 0. The minimum Gasteiger partial charge on any atom is -0.468 e. The van der Waals surface area contributed by atoms with Gasteiger partial charge in [0.2, 0.25) is 0 Å². The zero-order valence-electron chi connectivity index (χ0n) is 22.2. The highest BCUT2D eigenvalue weighted by Crippen LogP contribution is 2.42. The van der Waals surface area contributed by atoms with Crippen LogP contribution >= 0.6 is 0 Å². The molecular formula is C29H33N3O6. The molecule has 3 atom stereocenters. The van der Waals surface area contributed by atoms with Crippen molar-refractivity contribution >= 4 is 23.3 Å². The van der Waals surface area contributed by atoms with Crippen molar-refractivity contribution in [1.82, 2.24) is 4.90 Å². The first-order valence-corrected chi connectivity index (χ1v) is 12.8. The van der Waals surface area contributed by atoms with E-state index in [4.69, 9.17) is 9.47 Å². The number of benzene rings is 2. The lowest BCUT2D eigenvalue weighted by molar-refractivity contribution is -0.384. The van der Waals surface area contributed by atoms with E-state index in [1.54, 1.807) is 26.0 Å². The number of nitro groups is 1. The fourth-order valence-corrected chi connectivity index (χ4v) is 5.53. The van der Waals surface area contributed by atoms with E-state index in [1.165, 1.54) is 24.8 Å². The number of likely N-dealkylation sites (tertiary alicyclic amines) is 1. The molecule has 0 bridgehead atoms. The Morgan fingerprint density at radius 1 is 1.16 bits per heavy atom. The number of methoxy groups -OCH3 is 1. The maximum atomic E-state index is 13.9. The van der Waals surface area contributed by atoms with Crippen LogP contribution in [0.5, 0.6) is 0 Å². The molecule has 1 fully saturated rings. The first-order valence-electron chi connectivity index (χ1n) is 12.8. The number of hydrogen-bond donors (Lipinski definition) is 0. The van der Waals surface area contributed by atoms with Crippen molar-refractivity contribution in [2.24, 2.45) is 10.9 Å². The Balaban J connectivity index is 1.67. The van der Waals surface area contributed by atoms with Gasteiger partial charge in [-0.15, -0.1) is 0 Å². The summed E-state index contributed by atoms with van der Waals surface area (Å²) < 4.78 is 11.3. The van der Waals surface area contributed by atoms with E-state index in [9.17, 15) is 19.7 Å². The quantitative estimate of drug-likeness (QED) is 0.279. The lowest BCUT2D eigenvalue weighted by Crippen LogP contribution is -2.41. The molecule has 2 aliphatic heterocycles. The van der Waals surface area contributed by atoms with Crippen LogP contribution in [0.2, 0.25) is 0 Å². The van der Waals surface area contributed by atoms with Gasteiger partial charge < -0.3 is 9.47 Å². The molecule has 0 amide bonds. The molecule has 0 N–H and O–H groups in total. The summed E-state index contributed by atoms with van der Waals surface area (Å²) in [4.78, 5) is 44.6. The summed E-state index contributed by atoms with van der Waals surface area (Å²) in [5, 5.41) is 11.5. The van der Waals surface area contributed by atoms with Gasteiger partial charge in [0, 0.05) is 55.5 Å². The molecule has 1 saturated heterocycles. The van der Waals surface area contributed by atoms with E-state index >= 15 is 0 Å². The average molecular weight is 520 g/mol. The van der Waals surface area contributed by atoms with Crippen LogP contribution in [0.25, 0.3) is 0 Å². The van der Waals surface area contributed by atoms with Gasteiger partial charge in [-0.05, 0) is 31.4 Å². The third-order valence-corrected chi connectivity index (χ3v) is 7.54. The normalized spacial score (nSPS) is 23.6. The van der Waals surface area contributed by atoms with Gasteiger partial charge in [0.25, 0.3) is 5.69 Å². The molecule has 2 aromatic carbocycles. The summed E-state index contributed by atoms with van der Waals surface area (Å²) in [6.07, 6.45) is 1.30. The zero-order chi connectivity index (χ0) is 27.4. The highest BCUT2D eigenvalue weighted by Gasteiger charge is 2.46. The third-order valence-electron chi connectivity index (χ3n) is 7.54. The van der Waals surface area contributed by atoms with Gasteiger partial charge >= 0.3 is 11.9 Å². The number of nitrogens with zero attached hydrogens (tertiary/aromatic N) is 3. The van der Waals surface area contributed by atoms with E-state index in [-0.39, 0.29) is 11.3 Å². The number of allylic oxidation sites excluding steroid dienone is 1. The molecule has 2 heterocycles. The van der Waals surface area contributed by atoms with Gasteiger partial charge in [0.1, 0.15) is 11.5 Å². The van der Waals surface area contributed by atoms with Crippen LogP contribution in [0, 0.1) is 16.0 Å². The Hall–Kier alpha value is -3.85. The third kappa shape index (κ3) is 5.52. The highest BCUT2D eigenvalue weighted by molar-refractivity contribution is 6.07. The number of esters is 2. The molecule has 0 aliphatic carbocycles. The fraction of sp³-hybridized carbons (Fsp3) is 0.414. The van der Waals surface area contributed by atoms with Crippen molar-refractivity contribution in [2.75, 3.05) is 20.2 Å². The van der Waals surface area contributed by atoms with E-state index < -0.39 is 34.3 Å². The Morgan fingerprint density at radius 3 is 2.55 bits per heavy atom. The smallest absolute Gasteiger partial charge is 0.337 e. The number of hydrogen-bond acceptors (Lipinski definition) is 8. The molecule has 1 unspecified atom stereocenters. The van der Waals surface area contributed by atoms with Crippen LogP contribution in [-0.2, 0) is 25.6 Å². The predicted octanol–water partition coefficient (Wildman–Crippen LogP) is 4.81. The predicted molar refractivity (Wildman–Crippen MR) is 143 cm³/mol. The number of rotatable bonds is 8. The summed E-state index contributed by atoms with van der Waals surface area (Å²) in [6.45, 7) is 7.52. The second-order valence-corrected chi connectivity index (χ2v) is 9.96. The van der Waals surface area contributed by atoms with E-state index in [0.29, 0.717) is 36.4 Å². The maximum Gasteiger partial charge on any atom is 0.337 e. The molecule has 200 valence electrons. The van der Waals surface area contributed by atoms with Crippen LogP contribution in [0.3, 0.4) is 0 Å². The first kappa shape index (κ1) is 27.2. The molecule has 0 saturated carbocycles. The summed E-state index contributed by atoms with van der Waals surface area (Å²) in [7, 11) is 1.27. The summed E-state index contributed by atoms with van der Waals surface area (Å²) in [5.74, 6) is -2.87. The largest absolute Gasteiger partial charge is 0.468 e.